The fourth-order valence-electron chi connectivity index (χ4n) is 1.89. The van der Waals surface area contributed by atoms with Gasteiger partial charge in [-0.25, -0.2) is 4.79 Å². The summed E-state index contributed by atoms with van der Waals surface area (Å²) >= 11 is 0. The van der Waals surface area contributed by atoms with Crippen LogP contribution in [0, 0.1) is 5.92 Å². The lowest BCUT2D eigenvalue weighted by Gasteiger charge is -2.27. The van der Waals surface area contributed by atoms with E-state index in [1.807, 2.05) is 13.8 Å². The molecular weight excluding hydrogens is 316 g/mol. The third-order valence-corrected chi connectivity index (χ3v) is 2.79. The summed E-state index contributed by atoms with van der Waals surface area (Å²) < 4.78 is 9.83. The molecule has 2 unspecified atom stereocenters. The van der Waals surface area contributed by atoms with Crippen LogP contribution in [0.4, 0.5) is 4.79 Å². The first-order valence-electron chi connectivity index (χ1n) is 8.07. The second-order valence-corrected chi connectivity index (χ2v) is 6.85. The molecule has 3 N–H and O–H groups in total. The maximum atomic E-state index is 12.0. The molecule has 0 bridgehead atoms. The maximum Gasteiger partial charge on any atom is 0.407 e. The van der Waals surface area contributed by atoms with Crippen molar-refractivity contribution < 1.29 is 29.0 Å². The summed E-state index contributed by atoms with van der Waals surface area (Å²) in [7, 11) is 0. The molecule has 0 aliphatic rings. The maximum absolute atomic E-state index is 12.0. The van der Waals surface area contributed by atoms with E-state index in [2.05, 4.69) is 10.6 Å². The predicted octanol–water partition coefficient (Wildman–Crippen LogP) is 0.966. The molecule has 0 spiro atoms. The Morgan fingerprint density at radius 1 is 1.17 bits per heavy atom. The number of ether oxygens (including phenoxy) is 2. The van der Waals surface area contributed by atoms with Crippen LogP contribution in [-0.4, -0.2) is 54.0 Å². The van der Waals surface area contributed by atoms with Gasteiger partial charge in [-0.1, -0.05) is 13.8 Å². The van der Waals surface area contributed by atoms with Crippen LogP contribution in [0.1, 0.15) is 48.0 Å². The normalized spacial score (nSPS) is 13.8. The summed E-state index contributed by atoms with van der Waals surface area (Å²) in [6.45, 7) is 10.4. The molecule has 8 heteroatoms. The molecule has 2 atom stereocenters. The summed E-state index contributed by atoms with van der Waals surface area (Å²) in [5.41, 5.74) is -0.691. The van der Waals surface area contributed by atoms with E-state index in [0.29, 0.717) is 6.42 Å². The average molecular weight is 346 g/mol. The van der Waals surface area contributed by atoms with E-state index in [1.54, 1.807) is 27.7 Å². The Morgan fingerprint density at radius 2 is 1.75 bits per heavy atom. The first kappa shape index (κ1) is 22.2. The molecule has 0 aliphatic carbocycles. The third-order valence-electron chi connectivity index (χ3n) is 2.79. The first-order chi connectivity index (χ1) is 11.0. The van der Waals surface area contributed by atoms with Crippen LogP contribution in [0.5, 0.6) is 0 Å². The zero-order valence-corrected chi connectivity index (χ0v) is 15.3. The largest absolute Gasteiger partial charge is 0.465 e. The fourth-order valence-corrected chi connectivity index (χ4v) is 1.89. The van der Waals surface area contributed by atoms with Crippen molar-refractivity contribution in [3.05, 3.63) is 0 Å². The highest BCUT2D eigenvalue weighted by Gasteiger charge is 2.30. The highest BCUT2D eigenvalue weighted by molar-refractivity contribution is 5.85. The minimum absolute atomic E-state index is 0.123. The minimum Gasteiger partial charge on any atom is -0.465 e. The molecule has 140 valence electrons. The van der Waals surface area contributed by atoms with Gasteiger partial charge in [0, 0.05) is 0 Å². The Bertz CT molecular complexity index is 431. The van der Waals surface area contributed by atoms with E-state index >= 15 is 0 Å². The van der Waals surface area contributed by atoms with Crippen LogP contribution in [0.2, 0.25) is 0 Å². The quantitative estimate of drug-likeness (QED) is 0.564. The second kappa shape index (κ2) is 10.1. The van der Waals surface area contributed by atoms with E-state index in [-0.39, 0.29) is 19.1 Å². The molecule has 0 aliphatic heterocycles. The predicted molar refractivity (Wildman–Crippen MR) is 88.3 cm³/mol. The van der Waals surface area contributed by atoms with E-state index in [4.69, 9.17) is 9.47 Å². The van der Waals surface area contributed by atoms with E-state index in [9.17, 15) is 19.5 Å². The van der Waals surface area contributed by atoms with Gasteiger partial charge in [-0.3, -0.25) is 9.59 Å². The lowest BCUT2D eigenvalue weighted by molar-refractivity contribution is -0.144. The molecule has 8 nitrogen and oxygen atoms in total. The monoisotopic (exact) mass is 346 g/mol. The molecular formula is C16H30N2O6. The molecule has 0 fully saturated rings. The van der Waals surface area contributed by atoms with E-state index in [0.717, 1.165) is 0 Å². The summed E-state index contributed by atoms with van der Waals surface area (Å²) in [5.74, 6) is -1.24. The van der Waals surface area contributed by atoms with Gasteiger partial charge in [0.2, 0.25) is 0 Å². The number of nitrogens with one attached hydrogen (secondary N) is 2. The topological polar surface area (TPSA) is 114 Å². The van der Waals surface area contributed by atoms with E-state index in [1.165, 1.54) is 0 Å². The number of carbonyl (C=O) groups excluding carboxylic acids is 3. The molecule has 24 heavy (non-hydrogen) atoms. The number of amides is 2. The fraction of sp³-hybridized carbons (Fsp3) is 0.812. The Labute approximate surface area is 143 Å². The van der Waals surface area contributed by atoms with Crippen LogP contribution >= 0.6 is 0 Å². The Hall–Kier alpha value is -1.83. The van der Waals surface area contributed by atoms with Gasteiger partial charge < -0.3 is 25.2 Å². The summed E-state index contributed by atoms with van der Waals surface area (Å²) in [5, 5.41) is 15.0. The van der Waals surface area contributed by atoms with Gasteiger partial charge in [0.1, 0.15) is 12.1 Å². The molecule has 0 rings (SSSR count). The molecule has 2 amide bonds. The summed E-state index contributed by atoms with van der Waals surface area (Å²) in [6.07, 6.45) is -1.85. The minimum atomic E-state index is -1.51. The first-order valence-corrected chi connectivity index (χ1v) is 8.07. The van der Waals surface area contributed by atoms with E-state index < -0.39 is 35.7 Å². The molecule has 0 heterocycles. The standard InChI is InChI=1S/C16H30N2O6/c1-7-23-12(19)9-17-14(21)13(20)11(8-10(2)3)18-15(22)24-16(4,5)6/h10-11,13,20H,7-9H2,1-6H3,(H,17,21)(H,18,22). The number of esters is 1. The Morgan fingerprint density at radius 3 is 2.21 bits per heavy atom. The SMILES string of the molecule is CCOC(=O)CNC(=O)C(O)C(CC(C)C)NC(=O)OC(C)(C)C. The highest BCUT2D eigenvalue weighted by Crippen LogP contribution is 2.12. The highest BCUT2D eigenvalue weighted by atomic mass is 16.6. The summed E-state index contributed by atoms with van der Waals surface area (Å²) in [6, 6.07) is -0.831. The number of aliphatic hydroxyl groups is 1. The van der Waals surface area contributed by atoms with Gasteiger partial charge in [0.25, 0.3) is 5.91 Å². The van der Waals surface area contributed by atoms with Gasteiger partial charge >= 0.3 is 12.1 Å². The van der Waals surface area contributed by atoms with Gasteiger partial charge in [-0.15, -0.1) is 0 Å². The number of hydrogen-bond donors (Lipinski definition) is 3. The van der Waals surface area contributed by atoms with Gasteiger partial charge in [-0.2, -0.15) is 0 Å². The van der Waals surface area contributed by atoms with Gasteiger partial charge in [0.15, 0.2) is 6.10 Å². The van der Waals surface area contributed by atoms with Crippen LogP contribution in [0.25, 0.3) is 0 Å². The van der Waals surface area contributed by atoms with Gasteiger partial charge in [0.05, 0.1) is 12.6 Å². The molecule has 0 radical (unpaired) electrons. The van der Waals surface area contributed by atoms with Crippen LogP contribution in [0.15, 0.2) is 0 Å². The molecule has 0 saturated heterocycles. The zero-order valence-electron chi connectivity index (χ0n) is 15.3. The zero-order chi connectivity index (χ0) is 18.9. The number of carbonyl (C=O) groups is 3. The van der Waals surface area contributed by atoms with Crippen molar-refractivity contribution in [3.8, 4) is 0 Å². The van der Waals surface area contributed by atoms with Crippen LogP contribution < -0.4 is 10.6 Å². The second-order valence-electron chi connectivity index (χ2n) is 6.85. The molecule has 0 aromatic rings. The van der Waals surface area contributed by atoms with Crippen molar-refractivity contribution in [3.63, 3.8) is 0 Å². The van der Waals surface area contributed by atoms with Crippen molar-refractivity contribution >= 4 is 18.0 Å². The number of aliphatic hydroxyl groups excluding tert-OH is 1. The van der Waals surface area contributed by atoms with Crippen LogP contribution in [0.3, 0.4) is 0 Å². The Kier molecular flexibility index (Phi) is 9.35. The summed E-state index contributed by atoms with van der Waals surface area (Å²) in [4.78, 5) is 35.1. The number of rotatable bonds is 8. The van der Waals surface area contributed by atoms with Crippen molar-refractivity contribution in [2.24, 2.45) is 5.92 Å². The lowest BCUT2D eigenvalue weighted by Crippen LogP contribution is -2.52. The molecule has 0 aromatic carbocycles. The Balaban J connectivity index is 4.74. The average Bonchev–Trinajstić information content (AvgIpc) is 2.41. The lowest BCUT2D eigenvalue weighted by atomic mass is 9.98. The van der Waals surface area contributed by atoms with Gasteiger partial charge in [-0.05, 0) is 40.0 Å². The molecule has 0 saturated carbocycles. The third kappa shape index (κ3) is 10.0. The number of alkyl carbamates (subject to hydrolysis) is 1. The van der Waals surface area contributed by atoms with Crippen molar-refractivity contribution in [1.82, 2.24) is 10.6 Å². The van der Waals surface area contributed by atoms with Crippen LogP contribution in [-0.2, 0) is 19.1 Å². The van der Waals surface area contributed by atoms with Crippen molar-refractivity contribution in [2.45, 2.75) is 65.7 Å². The smallest absolute Gasteiger partial charge is 0.407 e. The van der Waals surface area contributed by atoms with Crippen molar-refractivity contribution in [2.75, 3.05) is 13.2 Å². The number of hydrogen-bond acceptors (Lipinski definition) is 6. The van der Waals surface area contributed by atoms with Crippen molar-refractivity contribution in [1.29, 1.82) is 0 Å². The molecule has 0 aromatic heterocycles.